The van der Waals surface area contributed by atoms with Gasteiger partial charge in [0, 0.05) is 19.2 Å². The van der Waals surface area contributed by atoms with Gasteiger partial charge < -0.3 is 9.64 Å². The Bertz CT molecular complexity index is 522. The Labute approximate surface area is 123 Å². The van der Waals surface area contributed by atoms with E-state index in [1.807, 2.05) is 0 Å². The minimum atomic E-state index is -0.509. The number of hydrogen-bond donors (Lipinski definition) is 0. The summed E-state index contributed by atoms with van der Waals surface area (Å²) in [7, 11) is 0. The number of rotatable bonds is 4. The van der Waals surface area contributed by atoms with E-state index in [0.29, 0.717) is 11.8 Å². The molecule has 1 heterocycles. The number of benzene rings is 1. The number of piperidine rings is 1. The molecule has 6 heteroatoms. The fourth-order valence-corrected chi connectivity index (χ4v) is 2.83. The standard InChI is InChI=1S/C15H20N2O4/c1-11-7-12(2)9-16(8-11)15(18)10-21-14-6-4-3-5-13(14)17(19)20/h3-6,11-12H,7-10H2,1-2H3/t11-,12+. The van der Waals surface area contributed by atoms with E-state index in [0.717, 1.165) is 19.5 Å². The lowest BCUT2D eigenvalue weighted by atomic mass is 9.92. The van der Waals surface area contributed by atoms with Crippen LogP contribution in [0.25, 0.3) is 0 Å². The van der Waals surface area contributed by atoms with Gasteiger partial charge in [0.25, 0.3) is 5.91 Å². The van der Waals surface area contributed by atoms with Crippen LogP contribution in [0.3, 0.4) is 0 Å². The van der Waals surface area contributed by atoms with E-state index in [1.54, 1.807) is 17.0 Å². The van der Waals surface area contributed by atoms with Gasteiger partial charge in [-0.15, -0.1) is 0 Å². The van der Waals surface area contributed by atoms with Gasteiger partial charge in [-0.2, -0.15) is 0 Å². The molecule has 6 nitrogen and oxygen atoms in total. The molecule has 1 aliphatic rings. The van der Waals surface area contributed by atoms with Crippen LogP contribution >= 0.6 is 0 Å². The number of nitro benzene ring substituents is 1. The molecule has 0 unspecified atom stereocenters. The number of nitrogens with zero attached hydrogens (tertiary/aromatic N) is 2. The molecular weight excluding hydrogens is 272 g/mol. The van der Waals surface area contributed by atoms with E-state index in [-0.39, 0.29) is 24.0 Å². The summed E-state index contributed by atoms with van der Waals surface area (Å²) >= 11 is 0. The van der Waals surface area contributed by atoms with Crippen molar-refractivity contribution in [3.05, 3.63) is 34.4 Å². The average molecular weight is 292 g/mol. The van der Waals surface area contributed by atoms with Crippen molar-refractivity contribution in [1.29, 1.82) is 0 Å². The molecule has 2 atom stereocenters. The summed E-state index contributed by atoms with van der Waals surface area (Å²) in [6.45, 7) is 5.54. The van der Waals surface area contributed by atoms with Gasteiger partial charge in [-0.3, -0.25) is 14.9 Å². The zero-order valence-electron chi connectivity index (χ0n) is 12.3. The summed E-state index contributed by atoms with van der Waals surface area (Å²) in [5, 5.41) is 10.9. The Hall–Kier alpha value is -2.11. The van der Waals surface area contributed by atoms with Crippen molar-refractivity contribution in [2.24, 2.45) is 11.8 Å². The Balaban J connectivity index is 1.97. The van der Waals surface area contributed by atoms with E-state index in [9.17, 15) is 14.9 Å². The first-order valence-electron chi connectivity index (χ1n) is 7.11. The SMILES string of the molecule is C[C@@H]1C[C@H](C)CN(C(=O)COc2ccccc2[N+](=O)[O-])C1. The molecule has 1 aliphatic heterocycles. The van der Waals surface area contributed by atoms with Crippen LogP contribution in [0.4, 0.5) is 5.69 Å². The molecule has 1 aromatic rings. The largest absolute Gasteiger partial charge is 0.477 e. The van der Waals surface area contributed by atoms with Gasteiger partial charge in [0.2, 0.25) is 0 Å². The molecule has 0 aromatic heterocycles. The maximum Gasteiger partial charge on any atom is 0.310 e. The van der Waals surface area contributed by atoms with E-state index in [4.69, 9.17) is 4.74 Å². The summed E-state index contributed by atoms with van der Waals surface area (Å²) in [4.78, 5) is 24.3. The highest BCUT2D eigenvalue weighted by Gasteiger charge is 2.26. The minimum Gasteiger partial charge on any atom is -0.477 e. The van der Waals surface area contributed by atoms with Crippen molar-refractivity contribution in [2.45, 2.75) is 20.3 Å². The fourth-order valence-electron chi connectivity index (χ4n) is 2.83. The molecular formula is C15H20N2O4. The van der Waals surface area contributed by atoms with Gasteiger partial charge in [0.15, 0.2) is 12.4 Å². The van der Waals surface area contributed by atoms with Crippen molar-refractivity contribution in [1.82, 2.24) is 4.90 Å². The lowest BCUT2D eigenvalue weighted by Crippen LogP contribution is -2.44. The third-order valence-electron chi connectivity index (χ3n) is 3.63. The minimum absolute atomic E-state index is 0.119. The van der Waals surface area contributed by atoms with Gasteiger partial charge in [-0.05, 0) is 24.3 Å². The second kappa shape index (κ2) is 6.56. The molecule has 114 valence electrons. The Morgan fingerprint density at radius 3 is 2.57 bits per heavy atom. The van der Waals surface area contributed by atoms with Crippen molar-refractivity contribution in [3.8, 4) is 5.75 Å². The number of nitro groups is 1. The molecule has 0 saturated carbocycles. The number of carbonyl (C=O) groups excluding carboxylic acids is 1. The highest BCUT2D eigenvalue weighted by molar-refractivity contribution is 5.78. The molecule has 2 rings (SSSR count). The van der Waals surface area contributed by atoms with Crippen LogP contribution in [0.2, 0.25) is 0 Å². The molecule has 0 N–H and O–H groups in total. The zero-order valence-corrected chi connectivity index (χ0v) is 12.3. The summed E-state index contributed by atoms with van der Waals surface area (Å²) in [6.07, 6.45) is 1.12. The van der Waals surface area contributed by atoms with Crippen LogP contribution < -0.4 is 4.74 Å². The molecule has 0 radical (unpaired) electrons. The first-order valence-corrected chi connectivity index (χ1v) is 7.11. The molecule has 1 aromatic carbocycles. The second-order valence-electron chi connectivity index (χ2n) is 5.76. The van der Waals surface area contributed by atoms with Gasteiger partial charge in [0.05, 0.1) is 4.92 Å². The average Bonchev–Trinajstić information content (AvgIpc) is 2.43. The number of carbonyl (C=O) groups is 1. The molecule has 21 heavy (non-hydrogen) atoms. The summed E-state index contributed by atoms with van der Waals surface area (Å²) < 4.78 is 5.35. The normalized spacial score (nSPS) is 21.9. The summed E-state index contributed by atoms with van der Waals surface area (Å²) in [5.41, 5.74) is -0.120. The van der Waals surface area contributed by atoms with Crippen LogP contribution in [0.1, 0.15) is 20.3 Å². The van der Waals surface area contributed by atoms with Crippen LogP contribution in [0.5, 0.6) is 5.75 Å². The number of likely N-dealkylation sites (tertiary alicyclic amines) is 1. The van der Waals surface area contributed by atoms with Gasteiger partial charge in [-0.1, -0.05) is 26.0 Å². The first kappa shape index (κ1) is 15.3. The fraction of sp³-hybridized carbons (Fsp3) is 0.533. The van der Waals surface area contributed by atoms with Gasteiger partial charge >= 0.3 is 5.69 Å². The third kappa shape index (κ3) is 3.93. The van der Waals surface area contributed by atoms with Crippen LogP contribution in [0.15, 0.2) is 24.3 Å². The third-order valence-corrected chi connectivity index (χ3v) is 3.63. The van der Waals surface area contributed by atoms with Crippen LogP contribution in [0, 0.1) is 22.0 Å². The number of hydrogen-bond acceptors (Lipinski definition) is 4. The van der Waals surface area contributed by atoms with Crippen LogP contribution in [-0.2, 0) is 4.79 Å². The van der Waals surface area contributed by atoms with Crippen molar-refractivity contribution in [2.75, 3.05) is 19.7 Å². The maximum atomic E-state index is 12.2. The van der Waals surface area contributed by atoms with Crippen molar-refractivity contribution >= 4 is 11.6 Å². The number of ether oxygens (including phenoxy) is 1. The van der Waals surface area contributed by atoms with E-state index in [1.165, 1.54) is 12.1 Å². The summed E-state index contributed by atoms with van der Waals surface area (Å²) in [6, 6.07) is 6.09. The number of amides is 1. The van der Waals surface area contributed by atoms with Crippen molar-refractivity contribution in [3.63, 3.8) is 0 Å². The topological polar surface area (TPSA) is 72.7 Å². The molecule has 0 spiro atoms. The van der Waals surface area contributed by atoms with E-state index < -0.39 is 4.92 Å². The maximum absolute atomic E-state index is 12.2. The Morgan fingerprint density at radius 2 is 1.95 bits per heavy atom. The first-order chi connectivity index (χ1) is 9.97. The summed E-state index contributed by atoms with van der Waals surface area (Å²) in [5.74, 6) is 0.966. The molecule has 0 bridgehead atoms. The number of para-hydroxylation sites is 2. The van der Waals surface area contributed by atoms with E-state index >= 15 is 0 Å². The monoisotopic (exact) mass is 292 g/mol. The Morgan fingerprint density at radius 1 is 1.33 bits per heavy atom. The molecule has 1 saturated heterocycles. The zero-order chi connectivity index (χ0) is 15.4. The highest BCUT2D eigenvalue weighted by atomic mass is 16.6. The smallest absolute Gasteiger partial charge is 0.310 e. The highest BCUT2D eigenvalue weighted by Crippen LogP contribution is 2.26. The lowest BCUT2D eigenvalue weighted by molar-refractivity contribution is -0.385. The second-order valence-corrected chi connectivity index (χ2v) is 5.76. The van der Waals surface area contributed by atoms with Crippen molar-refractivity contribution < 1.29 is 14.5 Å². The Kier molecular flexibility index (Phi) is 4.77. The van der Waals surface area contributed by atoms with Gasteiger partial charge in [0.1, 0.15) is 0 Å². The molecule has 0 aliphatic carbocycles. The van der Waals surface area contributed by atoms with Crippen LogP contribution in [-0.4, -0.2) is 35.4 Å². The quantitative estimate of drug-likeness (QED) is 0.631. The van der Waals surface area contributed by atoms with Gasteiger partial charge in [-0.25, -0.2) is 0 Å². The molecule has 1 fully saturated rings. The molecule has 1 amide bonds. The van der Waals surface area contributed by atoms with E-state index in [2.05, 4.69) is 13.8 Å². The predicted octanol–water partition coefficient (Wildman–Crippen LogP) is 2.48. The predicted molar refractivity (Wildman–Crippen MR) is 78.1 cm³/mol. The lowest BCUT2D eigenvalue weighted by Gasteiger charge is -2.34.